The standard InChI is InChI=1S/C25H34OS2/c1-22(26)12-6-2-3-11-17-25(28-21-24-15-9-5-10-16-24)18-19-27-20-23-13-7-4-8-14-23/h4-5,7-10,13-16,25H,2-3,6,11-12,17-21H2,1H3/t25-/m1/s1. The Morgan fingerprint density at radius 1 is 0.786 bits per heavy atom. The van der Waals surface area contributed by atoms with Crippen LogP contribution in [0.5, 0.6) is 0 Å². The van der Waals surface area contributed by atoms with Crippen LogP contribution in [0.4, 0.5) is 0 Å². The lowest BCUT2D eigenvalue weighted by atomic mass is 10.1. The topological polar surface area (TPSA) is 17.1 Å². The Balaban J connectivity index is 1.68. The number of carbonyl (C=O) groups excluding carboxylic acids is 1. The molecule has 0 aliphatic rings. The molecule has 0 radical (unpaired) electrons. The maximum atomic E-state index is 11.0. The van der Waals surface area contributed by atoms with Gasteiger partial charge in [-0.15, -0.1) is 0 Å². The molecule has 0 aliphatic carbocycles. The van der Waals surface area contributed by atoms with Crippen molar-refractivity contribution < 1.29 is 4.79 Å². The van der Waals surface area contributed by atoms with Gasteiger partial charge in [0.05, 0.1) is 0 Å². The highest BCUT2D eigenvalue weighted by Crippen LogP contribution is 2.27. The van der Waals surface area contributed by atoms with Crippen molar-refractivity contribution >= 4 is 29.3 Å². The van der Waals surface area contributed by atoms with Crippen molar-refractivity contribution in [2.24, 2.45) is 0 Å². The predicted molar refractivity (Wildman–Crippen MR) is 127 cm³/mol. The second-order valence-corrected chi connectivity index (χ2v) is 9.79. The monoisotopic (exact) mass is 414 g/mol. The first-order chi connectivity index (χ1) is 13.7. The summed E-state index contributed by atoms with van der Waals surface area (Å²) in [6, 6.07) is 21.6. The lowest BCUT2D eigenvalue weighted by Gasteiger charge is -2.17. The second-order valence-electron chi connectivity index (χ2n) is 7.40. The minimum Gasteiger partial charge on any atom is -0.300 e. The van der Waals surface area contributed by atoms with Crippen molar-refractivity contribution in [3.8, 4) is 0 Å². The van der Waals surface area contributed by atoms with Crippen molar-refractivity contribution in [2.75, 3.05) is 5.75 Å². The van der Waals surface area contributed by atoms with Crippen LogP contribution < -0.4 is 0 Å². The molecule has 0 heterocycles. The van der Waals surface area contributed by atoms with Crippen molar-refractivity contribution in [3.63, 3.8) is 0 Å². The van der Waals surface area contributed by atoms with Crippen LogP contribution in [-0.2, 0) is 16.3 Å². The summed E-state index contributed by atoms with van der Waals surface area (Å²) in [6.07, 6.45) is 8.12. The first kappa shape index (κ1) is 23.1. The fourth-order valence-corrected chi connectivity index (χ4v) is 5.59. The third-order valence-electron chi connectivity index (χ3n) is 4.83. The van der Waals surface area contributed by atoms with Crippen LogP contribution in [0.2, 0.25) is 0 Å². The van der Waals surface area contributed by atoms with Gasteiger partial charge in [0.2, 0.25) is 0 Å². The number of unbranched alkanes of at least 4 members (excludes halogenated alkanes) is 3. The Labute approximate surface area is 180 Å². The zero-order valence-corrected chi connectivity index (χ0v) is 18.8. The first-order valence-corrected chi connectivity index (χ1v) is 12.7. The molecule has 0 unspecified atom stereocenters. The molecule has 0 bridgehead atoms. The van der Waals surface area contributed by atoms with Crippen molar-refractivity contribution in [1.29, 1.82) is 0 Å². The molecule has 0 fully saturated rings. The molecular weight excluding hydrogens is 380 g/mol. The van der Waals surface area contributed by atoms with E-state index in [1.165, 1.54) is 49.0 Å². The molecule has 0 saturated carbocycles. The number of hydrogen-bond donors (Lipinski definition) is 0. The number of rotatable bonds is 15. The molecule has 28 heavy (non-hydrogen) atoms. The first-order valence-electron chi connectivity index (χ1n) is 10.5. The molecule has 3 heteroatoms. The normalized spacial score (nSPS) is 12.0. The average molecular weight is 415 g/mol. The Kier molecular flexibility index (Phi) is 12.2. The third-order valence-corrected chi connectivity index (χ3v) is 7.33. The van der Waals surface area contributed by atoms with Gasteiger partial charge in [-0.25, -0.2) is 0 Å². The Morgan fingerprint density at radius 3 is 2.04 bits per heavy atom. The lowest BCUT2D eigenvalue weighted by Crippen LogP contribution is -2.05. The summed E-state index contributed by atoms with van der Waals surface area (Å²) in [5, 5.41) is 0.733. The molecule has 0 saturated heterocycles. The molecule has 0 spiro atoms. The van der Waals surface area contributed by atoms with Gasteiger partial charge in [0.15, 0.2) is 0 Å². The molecule has 1 nitrogen and oxygen atoms in total. The van der Waals surface area contributed by atoms with Crippen LogP contribution in [0.1, 0.15) is 63.0 Å². The number of carbonyl (C=O) groups is 1. The van der Waals surface area contributed by atoms with E-state index < -0.39 is 0 Å². The van der Waals surface area contributed by atoms with Gasteiger partial charge in [-0.1, -0.05) is 79.9 Å². The second kappa shape index (κ2) is 14.8. The maximum Gasteiger partial charge on any atom is 0.129 e. The smallest absolute Gasteiger partial charge is 0.129 e. The van der Waals surface area contributed by atoms with E-state index in [1.807, 2.05) is 0 Å². The molecule has 0 N–H and O–H groups in total. The van der Waals surface area contributed by atoms with Gasteiger partial charge in [0.25, 0.3) is 0 Å². The maximum absolute atomic E-state index is 11.0. The van der Waals surface area contributed by atoms with Crippen LogP contribution in [-0.4, -0.2) is 16.8 Å². The fraction of sp³-hybridized carbons (Fsp3) is 0.480. The van der Waals surface area contributed by atoms with E-state index in [0.717, 1.165) is 29.6 Å². The van der Waals surface area contributed by atoms with E-state index in [2.05, 4.69) is 84.2 Å². The highest BCUT2D eigenvalue weighted by Gasteiger charge is 2.10. The molecular formula is C25H34OS2. The van der Waals surface area contributed by atoms with Crippen molar-refractivity contribution in [3.05, 3.63) is 71.8 Å². The Hall–Kier alpha value is -1.19. The summed E-state index contributed by atoms with van der Waals surface area (Å²) in [4.78, 5) is 11.0. The fourth-order valence-electron chi connectivity index (χ4n) is 3.18. The highest BCUT2D eigenvalue weighted by atomic mass is 32.2. The van der Waals surface area contributed by atoms with Crippen LogP contribution in [0.3, 0.4) is 0 Å². The molecule has 0 aromatic heterocycles. The van der Waals surface area contributed by atoms with Crippen molar-refractivity contribution in [2.45, 2.75) is 68.6 Å². The summed E-state index contributed by atoms with van der Waals surface area (Å²) < 4.78 is 0. The molecule has 2 aromatic rings. The number of thioether (sulfide) groups is 2. The van der Waals surface area contributed by atoms with Gasteiger partial charge in [0, 0.05) is 23.2 Å². The van der Waals surface area contributed by atoms with E-state index in [-0.39, 0.29) is 0 Å². The van der Waals surface area contributed by atoms with E-state index in [1.54, 1.807) is 6.92 Å². The lowest BCUT2D eigenvalue weighted by molar-refractivity contribution is -0.117. The van der Waals surface area contributed by atoms with Gasteiger partial charge in [-0.2, -0.15) is 23.5 Å². The molecule has 2 rings (SSSR count). The van der Waals surface area contributed by atoms with Gasteiger partial charge in [-0.05, 0) is 43.1 Å². The summed E-state index contributed by atoms with van der Waals surface area (Å²) in [6.45, 7) is 1.70. The highest BCUT2D eigenvalue weighted by molar-refractivity contribution is 7.99. The summed E-state index contributed by atoms with van der Waals surface area (Å²) in [7, 11) is 0. The Bertz CT molecular complexity index is 642. The predicted octanol–water partition coefficient (Wildman–Crippen LogP) is 7.54. The number of ketones is 1. The summed E-state index contributed by atoms with van der Waals surface area (Å²) in [5.74, 6) is 3.78. The van der Waals surface area contributed by atoms with E-state index >= 15 is 0 Å². The van der Waals surface area contributed by atoms with Gasteiger partial charge < -0.3 is 4.79 Å². The zero-order valence-electron chi connectivity index (χ0n) is 17.1. The van der Waals surface area contributed by atoms with E-state index in [9.17, 15) is 4.79 Å². The average Bonchev–Trinajstić information content (AvgIpc) is 2.72. The minimum atomic E-state index is 0.326. The van der Waals surface area contributed by atoms with Crippen LogP contribution in [0, 0.1) is 0 Å². The van der Waals surface area contributed by atoms with E-state index in [0.29, 0.717) is 5.78 Å². The molecule has 0 amide bonds. The van der Waals surface area contributed by atoms with Crippen LogP contribution >= 0.6 is 23.5 Å². The molecule has 1 atom stereocenters. The molecule has 152 valence electrons. The van der Waals surface area contributed by atoms with Gasteiger partial charge in [-0.3, -0.25) is 0 Å². The third kappa shape index (κ3) is 11.0. The van der Waals surface area contributed by atoms with E-state index in [4.69, 9.17) is 0 Å². The van der Waals surface area contributed by atoms with Crippen molar-refractivity contribution in [1.82, 2.24) is 0 Å². The SMILES string of the molecule is CC(=O)CCCCCC[C@H](CCSCc1ccccc1)SCc1ccccc1. The number of benzene rings is 2. The quantitative estimate of drug-likeness (QED) is 0.280. The number of hydrogen-bond acceptors (Lipinski definition) is 3. The van der Waals surface area contributed by atoms with Crippen LogP contribution in [0.25, 0.3) is 0 Å². The summed E-state index contributed by atoms with van der Waals surface area (Å²) >= 11 is 4.18. The minimum absolute atomic E-state index is 0.326. The Morgan fingerprint density at radius 2 is 1.39 bits per heavy atom. The van der Waals surface area contributed by atoms with Crippen LogP contribution in [0.15, 0.2) is 60.7 Å². The molecule has 0 aliphatic heterocycles. The van der Waals surface area contributed by atoms with Gasteiger partial charge in [0.1, 0.15) is 5.78 Å². The van der Waals surface area contributed by atoms with Gasteiger partial charge >= 0.3 is 0 Å². The summed E-state index contributed by atoms with van der Waals surface area (Å²) in [5.41, 5.74) is 2.85. The molecule has 2 aromatic carbocycles. The largest absolute Gasteiger partial charge is 0.300 e. The number of Topliss-reactive ketones (excluding diaryl/α,β-unsaturated/α-hetero) is 1. The zero-order chi connectivity index (χ0) is 19.9.